The summed E-state index contributed by atoms with van der Waals surface area (Å²) in [4.78, 5) is 41.2. The summed E-state index contributed by atoms with van der Waals surface area (Å²) < 4.78 is 5.39. The van der Waals surface area contributed by atoms with Crippen LogP contribution in [0.4, 0.5) is 0 Å². The second-order valence-corrected chi connectivity index (χ2v) is 8.13. The smallest absolute Gasteiger partial charge is 0.325 e. The van der Waals surface area contributed by atoms with Gasteiger partial charge in [-0.05, 0) is 23.1 Å². The van der Waals surface area contributed by atoms with Gasteiger partial charge >= 0.3 is 12.2 Å². The van der Waals surface area contributed by atoms with E-state index >= 15 is 0 Å². The molecule has 3 aromatic carbocycles. The second kappa shape index (κ2) is 13.4. The lowest BCUT2D eigenvalue weighted by Gasteiger charge is -2.20. The number of rotatable bonds is 12. The van der Waals surface area contributed by atoms with E-state index in [4.69, 9.17) is 10.3 Å². The van der Waals surface area contributed by atoms with Crippen molar-refractivity contribution in [3.05, 3.63) is 113 Å². The van der Waals surface area contributed by atoms with Gasteiger partial charge in [0.1, 0.15) is 12.6 Å². The van der Waals surface area contributed by atoms with Gasteiger partial charge in [0.25, 0.3) is 5.78 Å². The van der Waals surface area contributed by atoms with Gasteiger partial charge < -0.3 is 15.6 Å². The number of hydrogen-bond acceptors (Lipinski definition) is 4. The normalized spacial score (nSPS) is 12.0. The molecule has 178 valence electrons. The Bertz CT molecular complexity index is 1160. The van der Waals surface area contributed by atoms with Crippen LogP contribution in [0.15, 0.2) is 91.0 Å². The number of amides is 1. The maximum atomic E-state index is 13.3. The molecule has 0 saturated heterocycles. The first kappa shape index (κ1) is 25.3. The predicted octanol–water partition coefficient (Wildman–Crippen LogP) is 3.58. The molecule has 0 aliphatic heterocycles. The lowest BCUT2D eigenvalue weighted by Crippen LogP contribution is -2.46. The molecule has 0 heterocycles. The number of carbonyl (C=O) groups is 3. The van der Waals surface area contributed by atoms with Gasteiger partial charge in [-0.1, -0.05) is 91.0 Å². The van der Waals surface area contributed by atoms with E-state index in [0.29, 0.717) is 6.42 Å². The summed E-state index contributed by atoms with van der Waals surface area (Å²) in [6, 6.07) is 26.9. The molecular weight excluding hydrogens is 442 g/mol. The van der Waals surface area contributed by atoms with Crippen molar-refractivity contribution in [1.82, 2.24) is 5.32 Å². The highest BCUT2D eigenvalue weighted by molar-refractivity contribution is 6.28. The van der Waals surface area contributed by atoms with E-state index in [1.165, 1.54) is 0 Å². The van der Waals surface area contributed by atoms with Crippen molar-refractivity contribution in [2.75, 3.05) is 0 Å². The van der Waals surface area contributed by atoms with E-state index in [1.807, 2.05) is 91.0 Å². The Labute approximate surface area is 204 Å². The molecule has 3 rings (SSSR count). The largest absolute Gasteiger partial charge is 0.461 e. The standard InChI is InChI=1S/C28H27N3O4/c29-30-19-26(32)25(17-22-12-6-2-7-13-22)31-28(34)24(16-21-10-4-1-5-11-21)18-27(33)35-20-23-14-8-3-9-15-23/h1-15,19,24-25H,16-18,20H2,(H,31,34)/t24-,25+/m1/s1. The molecule has 0 radical (unpaired) electrons. The molecule has 7 nitrogen and oxygen atoms in total. The Hall–Kier alpha value is -4.35. The fourth-order valence-corrected chi connectivity index (χ4v) is 3.66. The topological polar surface area (TPSA) is 109 Å². The van der Waals surface area contributed by atoms with Gasteiger partial charge in [0, 0.05) is 6.42 Å². The number of nitrogens with one attached hydrogen (secondary N) is 1. The van der Waals surface area contributed by atoms with Gasteiger partial charge in [-0.15, -0.1) is 0 Å². The lowest BCUT2D eigenvalue weighted by atomic mass is 9.94. The van der Waals surface area contributed by atoms with Crippen molar-refractivity contribution < 1.29 is 23.9 Å². The molecule has 1 amide bonds. The number of hydrogen-bond donors (Lipinski definition) is 1. The first-order chi connectivity index (χ1) is 17.0. The summed E-state index contributed by atoms with van der Waals surface area (Å²) in [7, 11) is 0. The van der Waals surface area contributed by atoms with E-state index in [2.05, 4.69) is 10.1 Å². The Morgan fingerprint density at radius 2 is 1.31 bits per heavy atom. The molecular formula is C28H27N3O4. The third kappa shape index (κ3) is 8.50. The van der Waals surface area contributed by atoms with E-state index in [9.17, 15) is 14.4 Å². The summed E-state index contributed by atoms with van der Waals surface area (Å²) in [5, 5.41) is 2.75. The molecule has 0 fully saturated rings. The number of ketones is 1. The quantitative estimate of drug-likeness (QED) is 0.189. The highest BCUT2D eigenvalue weighted by Crippen LogP contribution is 2.16. The summed E-state index contributed by atoms with van der Waals surface area (Å²) in [5.41, 5.74) is 11.4. The first-order valence-electron chi connectivity index (χ1n) is 11.3. The molecule has 0 aliphatic carbocycles. The van der Waals surface area contributed by atoms with Crippen LogP contribution in [-0.2, 0) is 38.6 Å². The minimum atomic E-state index is -0.945. The van der Waals surface area contributed by atoms with Crippen LogP contribution in [0, 0.1) is 5.92 Å². The van der Waals surface area contributed by atoms with Crippen molar-refractivity contribution in [3.8, 4) is 0 Å². The SMILES string of the molecule is [N-]=[N+]=CC(=O)[C@H](Cc1ccccc1)NC(=O)[C@@H](CC(=O)OCc1ccccc1)Cc1ccccc1. The van der Waals surface area contributed by atoms with Crippen molar-refractivity contribution in [1.29, 1.82) is 0 Å². The van der Waals surface area contributed by atoms with Gasteiger partial charge in [-0.3, -0.25) is 14.4 Å². The van der Waals surface area contributed by atoms with Crippen LogP contribution in [0.3, 0.4) is 0 Å². The van der Waals surface area contributed by atoms with Gasteiger partial charge in [0.15, 0.2) is 0 Å². The highest BCUT2D eigenvalue weighted by Gasteiger charge is 2.29. The molecule has 0 bridgehead atoms. The summed E-state index contributed by atoms with van der Waals surface area (Å²) >= 11 is 0. The molecule has 7 heteroatoms. The Morgan fingerprint density at radius 3 is 1.86 bits per heavy atom. The summed E-state index contributed by atoms with van der Waals surface area (Å²) in [5.74, 6) is -2.26. The first-order valence-corrected chi connectivity index (χ1v) is 11.3. The maximum absolute atomic E-state index is 13.3. The molecule has 35 heavy (non-hydrogen) atoms. The van der Waals surface area contributed by atoms with Crippen LogP contribution in [0.2, 0.25) is 0 Å². The molecule has 0 unspecified atom stereocenters. The van der Waals surface area contributed by atoms with Crippen molar-refractivity contribution in [2.24, 2.45) is 5.92 Å². The van der Waals surface area contributed by atoms with E-state index in [-0.39, 0.29) is 19.4 Å². The number of carbonyl (C=O) groups excluding carboxylic acids is 3. The van der Waals surface area contributed by atoms with Crippen LogP contribution >= 0.6 is 0 Å². The molecule has 0 aliphatic rings. The predicted molar refractivity (Wildman–Crippen MR) is 131 cm³/mol. The van der Waals surface area contributed by atoms with Crippen LogP contribution in [0.25, 0.3) is 5.53 Å². The van der Waals surface area contributed by atoms with Crippen molar-refractivity contribution in [2.45, 2.75) is 31.9 Å². The number of ether oxygens (including phenoxy) is 1. The van der Waals surface area contributed by atoms with Crippen LogP contribution in [-0.4, -0.2) is 34.7 Å². The van der Waals surface area contributed by atoms with Crippen molar-refractivity contribution >= 4 is 23.9 Å². The third-order valence-corrected chi connectivity index (χ3v) is 5.48. The zero-order valence-electron chi connectivity index (χ0n) is 19.2. The number of esters is 1. The Morgan fingerprint density at radius 1 is 0.800 bits per heavy atom. The molecule has 3 aromatic rings. The number of nitrogens with zero attached hydrogens (tertiary/aromatic N) is 2. The fourth-order valence-electron chi connectivity index (χ4n) is 3.66. The van der Waals surface area contributed by atoms with E-state index in [0.717, 1.165) is 22.9 Å². The Kier molecular flexibility index (Phi) is 9.66. The minimum absolute atomic E-state index is 0.113. The lowest BCUT2D eigenvalue weighted by molar-refractivity contribution is -0.148. The minimum Gasteiger partial charge on any atom is -0.461 e. The van der Waals surface area contributed by atoms with Gasteiger partial charge in [-0.25, -0.2) is 0 Å². The van der Waals surface area contributed by atoms with Crippen LogP contribution < -0.4 is 5.32 Å². The zero-order chi connectivity index (χ0) is 24.9. The summed E-state index contributed by atoms with van der Waals surface area (Å²) in [6.07, 6.45) is 1.14. The molecule has 0 aromatic heterocycles. The van der Waals surface area contributed by atoms with Gasteiger partial charge in [0.05, 0.1) is 12.3 Å². The van der Waals surface area contributed by atoms with Crippen molar-refractivity contribution in [3.63, 3.8) is 0 Å². The molecule has 0 saturated carbocycles. The monoisotopic (exact) mass is 469 g/mol. The second-order valence-electron chi connectivity index (χ2n) is 8.13. The average molecular weight is 470 g/mol. The van der Waals surface area contributed by atoms with Gasteiger partial charge in [0.2, 0.25) is 5.91 Å². The van der Waals surface area contributed by atoms with Gasteiger partial charge in [-0.2, -0.15) is 4.79 Å². The third-order valence-electron chi connectivity index (χ3n) is 5.48. The molecule has 0 spiro atoms. The summed E-state index contributed by atoms with van der Waals surface area (Å²) in [6.45, 7) is 0.113. The highest BCUT2D eigenvalue weighted by atomic mass is 16.5. The molecule has 2 atom stereocenters. The molecule has 1 N–H and O–H groups in total. The zero-order valence-corrected chi connectivity index (χ0v) is 19.2. The maximum Gasteiger partial charge on any atom is 0.325 e. The fraction of sp³-hybridized carbons (Fsp3) is 0.214. The van der Waals surface area contributed by atoms with E-state index < -0.39 is 29.6 Å². The van der Waals surface area contributed by atoms with E-state index in [1.54, 1.807) is 0 Å². The number of Topliss-reactive ketones (excluding diaryl/α,β-unsaturated/α-hetero) is 1. The number of benzene rings is 3. The Balaban J connectivity index is 1.73. The average Bonchev–Trinajstić information content (AvgIpc) is 2.88. The van der Waals surface area contributed by atoms with Crippen LogP contribution in [0.1, 0.15) is 23.1 Å². The van der Waals surface area contributed by atoms with Crippen LogP contribution in [0.5, 0.6) is 0 Å².